The van der Waals surface area contributed by atoms with Crippen LogP contribution in [0.25, 0.3) is 0 Å². The van der Waals surface area contributed by atoms with E-state index in [1.807, 2.05) is 55.5 Å². The third-order valence-corrected chi connectivity index (χ3v) is 4.62. The van der Waals surface area contributed by atoms with Gasteiger partial charge in [-0.1, -0.05) is 42.5 Å². The lowest BCUT2D eigenvalue weighted by atomic mass is 9.95. The monoisotopic (exact) mass is 388 g/mol. The number of nitrogens with two attached hydrogens (primary N) is 1. The van der Waals surface area contributed by atoms with Gasteiger partial charge in [-0.25, -0.2) is 4.79 Å². The van der Waals surface area contributed by atoms with Gasteiger partial charge in [0.05, 0.1) is 6.54 Å². The highest BCUT2D eigenvalue weighted by Gasteiger charge is 2.33. The number of nitrogens with one attached hydrogen (secondary N) is 2. The van der Waals surface area contributed by atoms with Crippen molar-refractivity contribution < 1.29 is 9.59 Å². The molecule has 0 aromatic heterocycles. The van der Waals surface area contributed by atoms with Crippen LogP contribution in [0.1, 0.15) is 17.0 Å². The molecule has 1 aliphatic rings. The number of hydrogen-bond acceptors (Lipinski definition) is 3. The minimum Gasteiger partial charge on any atom is -0.339 e. The molecule has 4 N–H and O–H groups in total. The van der Waals surface area contributed by atoms with E-state index in [9.17, 15) is 9.59 Å². The molecule has 0 saturated carbocycles. The normalized spacial score (nSPS) is 18.5. The number of halogens is 1. The van der Waals surface area contributed by atoms with Crippen LogP contribution in [0.3, 0.4) is 0 Å². The van der Waals surface area contributed by atoms with Crippen LogP contribution in [-0.4, -0.2) is 42.5 Å². The van der Waals surface area contributed by atoms with E-state index in [2.05, 4.69) is 10.6 Å². The summed E-state index contributed by atoms with van der Waals surface area (Å²) in [5, 5.41) is 5.34. The number of benzene rings is 2. The molecule has 2 aromatic carbocycles. The highest BCUT2D eigenvalue weighted by Crippen LogP contribution is 2.26. The number of urea groups is 1. The summed E-state index contributed by atoms with van der Waals surface area (Å²) in [5.74, 6) is -0.000422. The second-order valence-corrected chi connectivity index (χ2v) is 6.66. The van der Waals surface area contributed by atoms with E-state index in [1.54, 1.807) is 11.0 Å². The van der Waals surface area contributed by atoms with Crippen LogP contribution < -0.4 is 16.4 Å². The van der Waals surface area contributed by atoms with Gasteiger partial charge in [0.1, 0.15) is 0 Å². The lowest BCUT2D eigenvalue weighted by Crippen LogP contribution is -2.41. The Hall–Kier alpha value is -2.57. The molecule has 144 valence electrons. The summed E-state index contributed by atoms with van der Waals surface area (Å²) in [5.41, 5.74) is 9.11. The highest BCUT2D eigenvalue weighted by atomic mass is 35.5. The number of rotatable bonds is 4. The first-order chi connectivity index (χ1) is 12.5. The largest absolute Gasteiger partial charge is 0.339 e. The van der Waals surface area contributed by atoms with Crippen molar-refractivity contribution in [3.63, 3.8) is 0 Å². The molecule has 0 spiro atoms. The van der Waals surface area contributed by atoms with Crippen LogP contribution in [-0.2, 0) is 4.79 Å². The summed E-state index contributed by atoms with van der Waals surface area (Å²) in [6, 6.07) is 17.0. The molecule has 1 fully saturated rings. The third-order valence-electron chi connectivity index (χ3n) is 4.62. The van der Waals surface area contributed by atoms with Crippen molar-refractivity contribution in [3.8, 4) is 0 Å². The molecule has 3 amide bonds. The molecule has 2 aromatic rings. The predicted molar refractivity (Wildman–Crippen MR) is 109 cm³/mol. The fourth-order valence-corrected chi connectivity index (χ4v) is 3.25. The molecule has 1 saturated heterocycles. The number of anilines is 1. The Morgan fingerprint density at radius 1 is 1.11 bits per heavy atom. The van der Waals surface area contributed by atoms with Gasteiger partial charge in [0.15, 0.2) is 0 Å². The first-order valence-electron chi connectivity index (χ1n) is 8.73. The van der Waals surface area contributed by atoms with Gasteiger partial charge in [-0.3, -0.25) is 4.79 Å². The minimum absolute atomic E-state index is 0. The maximum absolute atomic E-state index is 12.4. The van der Waals surface area contributed by atoms with E-state index < -0.39 is 6.03 Å². The fourth-order valence-electron chi connectivity index (χ4n) is 3.25. The summed E-state index contributed by atoms with van der Waals surface area (Å²) in [4.78, 5) is 26.1. The van der Waals surface area contributed by atoms with Crippen LogP contribution in [0.15, 0.2) is 54.6 Å². The Balaban J connectivity index is 0.00000261. The van der Waals surface area contributed by atoms with Crippen molar-refractivity contribution in [2.75, 3.05) is 25.0 Å². The lowest BCUT2D eigenvalue weighted by Gasteiger charge is -2.17. The zero-order chi connectivity index (χ0) is 18.5. The van der Waals surface area contributed by atoms with Crippen molar-refractivity contribution >= 4 is 30.0 Å². The smallest absolute Gasteiger partial charge is 0.319 e. The molecule has 0 radical (unpaired) electrons. The number of nitrogens with zero attached hydrogens (tertiary/aromatic N) is 1. The lowest BCUT2D eigenvalue weighted by molar-refractivity contribution is -0.129. The van der Waals surface area contributed by atoms with Crippen LogP contribution in [0.5, 0.6) is 0 Å². The maximum atomic E-state index is 12.4. The summed E-state index contributed by atoms with van der Waals surface area (Å²) >= 11 is 0. The Bertz CT molecular complexity index is 785. The summed E-state index contributed by atoms with van der Waals surface area (Å²) in [6.07, 6.45) is 0. The molecular weight excluding hydrogens is 364 g/mol. The Kier molecular flexibility index (Phi) is 7.21. The molecule has 0 aliphatic carbocycles. The second kappa shape index (κ2) is 9.39. The highest BCUT2D eigenvalue weighted by molar-refractivity contribution is 5.92. The topological polar surface area (TPSA) is 87.5 Å². The first kappa shape index (κ1) is 20.7. The van der Waals surface area contributed by atoms with E-state index in [4.69, 9.17) is 5.73 Å². The van der Waals surface area contributed by atoms with Gasteiger partial charge >= 0.3 is 6.03 Å². The molecule has 0 bridgehead atoms. The van der Waals surface area contributed by atoms with Crippen LogP contribution >= 0.6 is 12.4 Å². The summed E-state index contributed by atoms with van der Waals surface area (Å²) < 4.78 is 0. The summed E-state index contributed by atoms with van der Waals surface area (Å²) in [7, 11) is 0. The zero-order valence-electron chi connectivity index (χ0n) is 15.2. The molecule has 6 nitrogen and oxygen atoms in total. The van der Waals surface area contributed by atoms with Gasteiger partial charge in [0.2, 0.25) is 5.91 Å². The number of carbonyl (C=O) groups is 2. The Morgan fingerprint density at radius 3 is 2.56 bits per heavy atom. The van der Waals surface area contributed by atoms with Crippen molar-refractivity contribution in [1.82, 2.24) is 10.2 Å². The van der Waals surface area contributed by atoms with Crippen molar-refractivity contribution in [3.05, 3.63) is 65.7 Å². The van der Waals surface area contributed by atoms with Gasteiger partial charge in [0, 0.05) is 30.7 Å². The number of likely N-dealkylation sites (tertiary alicyclic amines) is 1. The number of amides is 3. The number of carbonyl (C=O) groups excluding carboxylic acids is 2. The number of hydrogen-bond donors (Lipinski definition) is 3. The maximum Gasteiger partial charge on any atom is 0.319 e. The zero-order valence-corrected chi connectivity index (χ0v) is 16.0. The molecule has 7 heteroatoms. The molecule has 1 heterocycles. The molecule has 27 heavy (non-hydrogen) atoms. The van der Waals surface area contributed by atoms with E-state index in [1.165, 1.54) is 0 Å². The average molecular weight is 389 g/mol. The fraction of sp³-hybridized carbons (Fsp3) is 0.300. The third kappa shape index (κ3) is 5.45. The molecule has 0 unspecified atom stereocenters. The summed E-state index contributed by atoms with van der Waals surface area (Å²) in [6.45, 7) is 2.98. The Morgan fingerprint density at radius 2 is 1.85 bits per heavy atom. The second-order valence-electron chi connectivity index (χ2n) is 6.66. The van der Waals surface area contributed by atoms with Gasteiger partial charge in [-0.05, 0) is 30.2 Å². The van der Waals surface area contributed by atoms with E-state index in [0.29, 0.717) is 18.8 Å². The number of aryl methyl sites for hydroxylation is 1. The van der Waals surface area contributed by atoms with Crippen molar-refractivity contribution in [2.24, 2.45) is 5.73 Å². The molecular formula is C20H25ClN4O2. The van der Waals surface area contributed by atoms with Crippen LogP contribution in [0.2, 0.25) is 0 Å². The van der Waals surface area contributed by atoms with E-state index >= 15 is 0 Å². The van der Waals surface area contributed by atoms with Crippen LogP contribution in [0, 0.1) is 6.92 Å². The molecule has 2 atom stereocenters. The van der Waals surface area contributed by atoms with Gasteiger partial charge in [0.25, 0.3) is 0 Å². The van der Waals surface area contributed by atoms with E-state index in [0.717, 1.165) is 11.1 Å². The SMILES string of the molecule is Cc1cccc(NC(=O)NCC(=O)N2C[C@@H](N)[C@H](c3ccccc3)C2)c1.Cl. The standard InChI is InChI=1S/C20H24N4O2.ClH/c1-14-6-5-9-16(10-14)23-20(26)22-11-19(25)24-12-17(18(21)13-24)15-7-3-2-4-8-15;/h2-10,17-18H,11-13,21H2,1H3,(H2,22,23,26);1H/t17-,18+;/m0./s1. The van der Waals surface area contributed by atoms with Crippen LogP contribution in [0.4, 0.5) is 10.5 Å². The van der Waals surface area contributed by atoms with Gasteiger partial charge in [-0.15, -0.1) is 12.4 Å². The molecule has 1 aliphatic heterocycles. The first-order valence-corrected chi connectivity index (χ1v) is 8.73. The predicted octanol–water partition coefficient (Wildman–Crippen LogP) is 2.49. The van der Waals surface area contributed by atoms with Gasteiger partial charge < -0.3 is 21.3 Å². The average Bonchev–Trinajstić information content (AvgIpc) is 3.02. The van der Waals surface area contributed by atoms with Crippen molar-refractivity contribution in [2.45, 2.75) is 18.9 Å². The quantitative estimate of drug-likeness (QED) is 0.751. The molecule has 3 rings (SSSR count). The minimum atomic E-state index is -0.396. The Labute approximate surface area is 165 Å². The van der Waals surface area contributed by atoms with E-state index in [-0.39, 0.29) is 36.8 Å². The van der Waals surface area contributed by atoms with Gasteiger partial charge in [-0.2, -0.15) is 0 Å². The van der Waals surface area contributed by atoms with Crippen molar-refractivity contribution in [1.29, 1.82) is 0 Å².